The molecule has 2 aromatic rings. The Kier molecular flexibility index (Phi) is 3.38. The van der Waals surface area contributed by atoms with Crippen LogP contribution in [0.4, 0.5) is 4.39 Å². The average Bonchev–Trinajstić information content (AvgIpc) is 2.83. The molecular formula is C16H18FNO. The van der Waals surface area contributed by atoms with Gasteiger partial charge in [-0.15, -0.1) is 0 Å². The minimum absolute atomic E-state index is 0.190. The molecule has 1 aliphatic rings. The lowest BCUT2D eigenvalue weighted by molar-refractivity contribution is 0.155. The number of aliphatic hydroxyl groups excluding tert-OH is 1. The van der Waals surface area contributed by atoms with Gasteiger partial charge in [-0.05, 0) is 49.4 Å². The fraction of sp³-hybridized carbons (Fsp3) is 0.375. The summed E-state index contributed by atoms with van der Waals surface area (Å²) >= 11 is 0. The van der Waals surface area contributed by atoms with Crippen molar-refractivity contribution in [3.8, 4) is 0 Å². The van der Waals surface area contributed by atoms with Gasteiger partial charge >= 0.3 is 0 Å². The summed E-state index contributed by atoms with van der Waals surface area (Å²) in [5, 5.41) is 9.94. The van der Waals surface area contributed by atoms with E-state index in [1.165, 1.54) is 17.8 Å². The van der Waals surface area contributed by atoms with Crippen LogP contribution in [0.3, 0.4) is 0 Å². The van der Waals surface area contributed by atoms with Crippen LogP contribution in [-0.2, 0) is 19.4 Å². The molecule has 1 aliphatic carbocycles. The van der Waals surface area contributed by atoms with Gasteiger partial charge in [-0.25, -0.2) is 4.39 Å². The second-order valence-corrected chi connectivity index (χ2v) is 5.20. The monoisotopic (exact) mass is 259 g/mol. The van der Waals surface area contributed by atoms with Crippen LogP contribution in [0.15, 0.2) is 36.5 Å². The van der Waals surface area contributed by atoms with Crippen molar-refractivity contribution in [2.45, 2.75) is 38.3 Å². The van der Waals surface area contributed by atoms with E-state index in [0.29, 0.717) is 0 Å². The number of aryl methyl sites for hydroxylation is 2. The van der Waals surface area contributed by atoms with Crippen LogP contribution < -0.4 is 0 Å². The van der Waals surface area contributed by atoms with E-state index in [2.05, 4.69) is 10.8 Å². The van der Waals surface area contributed by atoms with Gasteiger partial charge in [-0.3, -0.25) is 0 Å². The maximum atomic E-state index is 12.8. The van der Waals surface area contributed by atoms with Gasteiger partial charge in [0.25, 0.3) is 0 Å². The molecule has 0 aliphatic heterocycles. The highest BCUT2D eigenvalue weighted by Gasteiger charge is 2.20. The minimum atomic E-state index is -0.296. The van der Waals surface area contributed by atoms with Crippen LogP contribution in [0, 0.1) is 5.82 Å². The molecule has 0 amide bonds. The Bertz CT molecular complexity index is 559. The van der Waals surface area contributed by atoms with Crippen molar-refractivity contribution in [3.63, 3.8) is 0 Å². The molecule has 3 heteroatoms. The number of aromatic nitrogens is 1. The molecule has 0 spiro atoms. The molecule has 100 valence electrons. The third-order valence-corrected chi connectivity index (χ3v) is 3.92. The number of fused-ring (bicyclic) bond motifs is 1. The summed E-state index contributed by atoms with van der Waals surface area (Å²) in [6, 6.07) is 8.71. The molecule has 0 fully saturated rings. The highest BCUT2D eigenvalue weighted by molar-refractivity contribution is 5.27. The standard InChI is InChI=1S/C16H18FNO/c17-13-6-4-12(5-7-13)8-10-18-11-9-14-15(18)2-1-3-16(14)19/h4-7,9,11,16,19H,1-3,8,10H2. The van der Waals surface area contributed by atoms with Crippen LogP contribution in [0.5, 0.6) is 0 Å². The first-order chi connectivity index (χ1) is 9.24. The summed E-state index contributed by atoms with van der Waals surface area (Å²) in [5.74, 6) is -0.190. The summed E-state index contributed by atoms with van der Waals surface area (Å²) in [4.78, 5) is 0. The van der Waals surface area contributed by atoms with Crippen molar-refractivity contribution in [1.82, 2.24) is 4.57 Å². The number of halogens is 1. The van der Waals surface area contributed by atoms with E-state index in [9.17, 15) is 9.50 Å². The highest BCUT2D eigenvalue weighted by Crippen LogP contribution is 2.30. The number of hydrogen-bond donors (Lipinski definition) is 1. The molecule has 2 nitrogen and oxygen atoms in total. The molecule has 0 radical (unpaired) electrons. The largest absolute Gasteiger partial charge is 0.388 e. The quantitative estimate of drug-likeness (QED) is 0.899. The predicted octanol–water partition coefficient (Wildman–Crippen LogP) is 3.24. The van der Waals surface area contributed by atoms with Gasteiger partial charge in [-0.2, -0.15) is 0 Å². The lowest BCUT2D eigenvalue weighted by atomic mass is 9.95. The first-order valence-corrected chi connectivity index (χ1v) is 6.84. The summed E-state index contributed by atoms with van der Waals surface area (Å²) in [6.07, 6.45) is 5.61. The Morgan fingerprint density at radius 3 is 2.79 bits per heavy atom. The Morgan fingerprint density at radius 1 is 1.21 bits per heavy atom. The van der Waals surface area contributed by atoms with Crippen molar-refractivity contribution in [1.29, 1.82) is 0 Å². The lowest BCUT2D eigenvalue weighted by Gasteiger charge is -2.20. The third kappa shape index (κ3) is 2.56. The Balaban J connectivity index is 1.72. The number of hydrogen-bond acceptors (Lipinski definition) is 1. The van der Waals surface area contributed by atoms with Crippen molar-refractivity contribution in [2.24, 2.45) is 0 Å². The third-order valence-electron chi connectivity index (χ3n) is 3.92. The summed E-state index contributed by atoms with van der Waals surface area (Å²) in [5.41, 5.74) is 3.49. The van der Waals surface area contributed by atoms with E-state index in [1.54, 1.807) is 0 Å². The number of benzene rings is 1. The van der Waals surface area contributed by atoms with E-state index < -0.39 is 0 Å². The van der Waals surface area contributed by atoms with E-state index in [0.717, 1.165) is 43.4 Å². The maximum Gasteiger partial charge on any atom is 0.123 e. The van der Waals surface area contributed by atoms with Crippen LogP contribution >= 0.6 is 0 Å². The van der Waals surface area contributed by atoms with Gasteiger partial charge < -0.3 is 9.67 Å². The molecule has 1 N–H and O–H groups in total. The van der Waals surface area contributed by atoms with Crippen molar-refractivity contribution in [2.75, 3.05) is 0 Å². The maximum absolute atomic E-state index is 12.8. The lowest BCUT2D eigenvalue weighted by Crippen LogP contribution is -2.12. The molecule has 1 atom stereocenters. The zero-order chi connectivity index (χ0) is 13.2. The molecule has 3 rings (SSSR count). The zero-order valence-electron chi connectivity index (χ0n) is 10.8. The molecule has 1 aromatic carbocycles. The SMILES string of the molecule is OC1CCCc2c1ccn2CCc1ccc(F)cc1. The summed E-state index contributed by atoms with van der Waals surface area (Å²) in [6.45, 7) is 0.883. The zero-order valence-corrected chi connectivity index (χ0v) is 10.8. The van der Waals surface area contributed by atoms with Gasteiger partial charge in [0.2, 0.25) is 0 Å². The molecule has 19 heavy (non-hydrogen) atoms. The Hall–Kier alpha value is -1.61. The minimum Gasteiger partial charge on any atom is -0.388 e. The molecule has 0 bridgehead atoms. The molecule has 1 aromatic heterocycles. The smallest absolute Gasteiger partial charge is 0.123 e. The van der Waals surface area contributed by atoms with Gasteiger partial charge in [0.15, 0.2) is 0 Å². The highest BCUT2D eigenvalue weighted by atomic mass is 19.1. The fourth-order valence-electron chi connectivity index (χ4n) is 2.84. The normalized spacial score (nSPS) is 18.3. The summed E-state index contributed by atoms with van der Waals surface area (Å²) in [7, 11) is 0. The fourth-order valence-corrected chi connectivity index (χ4v) is 2.84. The first kappa shape index (κ1) is 12.4. The second kappa shape index (κ2) is 5.17. The number of aliphatic hydroxyl groups is 1. The van der Waals surface area contributed by atoms with Crippen LogP contribution in [0.25, 0.3) is 0 Å². The number of nitrogens with zero attached hydrogens (tertiary/aromatic N) is 1. The number of rotatable bonds is 3. The van der Waals surface area contributed by atoms with Crippen LogP contribution in [-0.4, -0.2) is 9.67 Å². The van der Waals surface area contributed by atoms with E-state index in [4.69, 9.17) is 0 Å². The molecule has 0 saturated carbocycles. The van der Waals surface area contributed by atoms with Crippen molar-refractivity contribution in [3.05, 3.63) is 59.2 Å². The van der Waals surface area contributed by atoms with E-state index >= 15 is 0 Å². The van der Waals surface area contributed by atoms with Gasteiger partial charge in [0.05, 0.1) is 6.10 Å². The van der Waals surface area contributed by atoms with Gasteiger partial charge in [-0.1, -0.05) is 12.1 Å². The molecule has 0 saturated heterocycles. The van der Waals surface area contributed by atoms with Crippen LogP contribution in [0.2, 0.25) is 0 Å². The molecular weight excluding hydrogens is 241 g/mol. The first-order valence-electron chi connectivity index (χ1n) is 6.84. The topological polar surface area (TPSA) is 25.2 Å². The van der Waals surface area contributed by atoms with Crippen molar-refractivity contribution >= 4 is 0 Å². The average molecular weight is 259 g/mol. The summed E-state index contributed by atoms with van der Waals surface area (Å²) < 4.78 is 15.1. The van der Waals surface area contributed by atoms with E-state index in [1.807, 2.05) is 18.2 Å². The van der Waals surface area contributed by atoms with Gasteiger partial charge in [0.1, 0.15) is 5.82 Å². The van der Waals surface area contributed by atoms with Gasteiger partial charge in [0, 0.05) is 24.0 Å². The van der Waals surface area contributed by atoms with Crippen LogP contribution in [0.1, 0.15) is 35.8 Å². The Morgan fingerprint density at radius 2 is 2.00 bits per heavy atom. The Labute approximate surface area is 112 Å². The molecule has 1 heterocycles. The predicted molar refractivity (Wildman–Crippen MR) is 72.4 cm³/mol. The van der Waals surface area contributed by atoms with E-state index in [-0.39, 0.29) is 11.9 Å². The second-order valence-electron chi connectivity index (χ2n) is 5.20. The molecule has 1 unspecified atom stereocenters. The van der Waals surface area contributed by atoms with Crippen molar-refractivity contribution < 1.29 is 9.50 Å².